The van der Waals surface area contributed by atoms with Crippen LogP contribution in [0.1, 0.15) is 15.9 Å². The molecule has 28 heavy (non-hydrogen) atoms. The van der Waals surface area contributed by atoms with Gasteiger partial charge in [-0.1, -0.05) is 0 Å². The lowest BCUT2D eigenvalue weighted by Gasteiger charge is -2.12. The Hall–Kier alpha value is -3.62. The van der Waals surface area contributed by atoms with E-state index < -0.39 is 29.0 Å². The van der Waals surface area contributed by atoms with Gasteiger partial charge in [-0.15, -0.1) is 0 Å². The molecule has 0 radical (unpaired) electrons. The van der Waals surface area contributed by atoms with Crippen LogP contribution in [0.25, 0.3) is 5.69 Å². The van der Waals surface area contributed by atoms with E-state index in [2.05, 4.69) is 10.9 Å². The van der Waals surface area contributed by atoms with Crippen molar-refractivity contribution in [2.45, 2.75) is 6.18 Å². The Kier molecular flexibility index (Phi) is 5.16. The summed E-state index contributed by atoms with van der Waals surface area (Å²) < 4.78 is 51.9. The van der Waals surface area contributed by atoms with E-state index in [1.54, 1.807) is 0 Å². The number of benzene rings is 2. The van der Waals surface area contributed by atoms with Gasteiger partial charge in [0, 0.05) is 18.0 Å². The third-order valence-electron chi connectivity index (χ3n) is 3.81. The number of nitrogens with one attached hydrogen (secondary N) is 2. The number of nitrogens with zero attached hydrogens (tertiary/aromatic N) is 1. The molecule has 5 nitrogen and oxygen atoms in total. The standard InChI is InChI=1S/C19H13F4N3O2/c20-14-4-6-15(7-5-14)24-25-18(28)12-1-10-17(27)26(11-12)16-8-2-13(3-9-16)19(21,22)23/h1-11,24H,(H,25,28). The number of pyridine rings is 1. The summed E-state index contributed by atoms with van der Waals surface area (Å²) in [5.74, 6) is -1.02. The van der Waals surface area contributed by atoms with E-state index >= 15 is 0 Å². The Labute approximate surface area is 156 Å². The van der Waals surface area contributed by atoms with Crippen LogP contribution in [0.4, 0.5) is 23.2 Å². The van der Waals surface area contributed by atoms with Gasteiger partial charge in [0.1, 0.15) is 5.82 Å². The molecule has 2 N–H and O–H groups in total. The molecule has 2 aromatic carbocycles. The zero-order chi connectivity index (χ0) is 20.3. The summed E-state index contributed by atoms with van der Waals surface area (Å²) in [5.41, 5.74) is 4.33. The van der Waals surface area contributed by atoms with Gasteiger partial charge >= 0.3 is 6.18 Å². The second kappa shape index (κ2) is 7.55. The largest absolute Gasteiger partial charge is 0.416 e. The molecule has 144 valence electrons. The number of halogens is 4. The molecule has 9 heteroatoms. The lowest BCUT2D eigenvalue weighted by atomic mass is 10.2. The topological polar surface area (TPSA) is 63.1 Å². The lowest BCUT2D eigenvalue weighted by molar-refractivity contribution is -0.137. The average molecular weight is 391 g/mol. The van der Waals surface area contributed by atoms with Gasteiger partial charge in [-0.05, 0) is 54.6 Å². The monoisotopic (exact) mass is 391 g/mol. The van der Waals surface area contributed by atoms with Gasteiger partial charge in [0.15, 0.2) is 0 Å². The maximum Gasteiger partial charge on any atom is 0.416 e. The maximum absolute atomic E-state index is 12.9. The summed E-state index contributed by atoms with van der Waals surface area (Å²) in [7, 11) is 0. The van der Waals surface area contributed by atoms with Gasteiger partial charge in [0.25, 0.3) is 11.5 Å². The zero-order valence-electron chi connectivity index (χ0n) is 14.1. The fourth-order valence-electron chi connectivity index (χ4n) is 2.37. The normalized spacial score (nSPS) is 11.1. The summed E-state index contributed by atoms with van der Waals surface area (Å²) in [6, 6.07) is 11.6. The second-order valence-electron chi connectivity index (χ2n) is 5.76. The van der Waals surface area contributed by atoms with E-state index in [4.69, 9.17) is 0 Å². The minimum atomic E-state index is -4.49. The molecule has 0 atom stereocenters. The Morgan fingerprint density at radius 3 is 2.14 bits per heavy atom. The molecule has 0 spiro atoms. The predicted octanol–water partition coefficient (Wildman–Crippen LogP) is 3.75. The summed E-state index contributed by atoms with van der Waals surface area (Å²) in [4.78, 5) is 24.3. The number of hydrogen-bond acceptors (Lipinski definition) is 3. The molecule has 1 heterocycles. The van der Waals surface area contributed by atoms with Gasteiger partial charge in [0.05, 0.1) is 16.8 Å². The van der Waals surface area contributed by atoms with Crippen molar-refractivity contribution in [2.24, 2.45) is 0 Å². The summed E-state index contributed by atoms with van der Waals surface area (Å²) >= 11 is 0. The molecule has 3 aromatic rings. The third kappa shape index (κ3) is 4.37. The number of hydrazine groups is 1. The Balaban J connectivity index is 1.79. The van der Waals surface area contributed by atoms with Crippen LogP contribution < -0.4 is 16.4 Å². The van der Waals surface area contributed by atoms with E-state index in [0.717, 1.165) is 34.9 Å². The Morgan fingerprint density at radius 2 is 1.54 bits per heavy atom. The van der Waals surface area contributed by atoms with Gasteiger partial charge in [-0.3, -0.25) is 25.0 Å². The van der Waals surface area contributed by atoms with E-state index in [0.29, 0.717) is 5.69 Å². The molecule has 0 fully saturated rings. The number of hydrogen-bond donors (Lipinski definition) is 2. The smallest absolute Gasteiger partial charge is 0.298 e. The SMILES string of the molecule is O=C(NNc1ccc(F)cc1)c1ccc(=O)n(-c2ccc(C(F)(F)F)cc2)c1. The van der Waals surface area contributed by atoms with Crippen LogP contribution in [0.3, 0.4) is 0 Å². The zero-order valence-corrected chi connectivity index (χ0v) is 14.1. The van der Waals surface area contributed by atoms with Crippen LogP contribution in [0, 0.1) is 5.82 Å². The van der Waals surface area contributed by atoms with E-state index in [1.807, 2.05) is 0 Å². The first kappa shape index (κ1) is 19.2. The third-order valence-corrected chi connectivity index (χ3v) is 3.81. The molecule has 0 aliphatic heterocycles. The number of anilines is 1. The fourth-order valence-corrected chi connectivity index (χ4v) is 2.37. The molecule has 0 unspecified atom stereocenters. The maximum atomic E-state index is 12.9. The molecule has 1 amide bonds. The minimum absolute atomic E-state index is 0.0918. The van der Waals surface area contributed by atoms with Crippen LogP contribution in [0.5, 0.6) is 0 Å². The molecule has 3 rings (SSSR count). The number of carbonyl (C=O) groups is 1. The summed E-state index contributed by atoms with van der Waals surface area (Å²) in [6.45, 7) is 0. The van der Waals surface area contributed by atoms with Crippen molar-refractivity contribution in [3.63, 3.8) is 0 Å². The van der Waals surface area contributed by atoms with Gasteiger partial charge in [-0.2, -0.15) is 13.2 Å². The van der Waals surface area contributed by atoms with Crippen molar-refractivity contribution in [3.8, 4) is 5.69 Å². The molecular weight excluding hydrogens is 378 g/mol. The highest BCUT2D eigenvalue weighted by molar-refractivity contribution is 5.94. The highest BCUT2D eigenvalue weighted by Gasteiger charge is 2.30. The van der Waals surface area contributed by atoms with E-state index in [1.165, 1.54) is 36.5 Å². The number of alkyl halides is 3. The number of carbonyl (C=O) groups excluding carboxylic acids is 1. The number of rotatable bonds is 4. The lowest BCUT2D eigenvalue weighted by Crippen LogP contribution is -2.30. The van der Waals surface area contributed by atoms with Crippen molar-refractivity contribution in [1.82, 2.24) is 9.99 Å². The molecule has 0 bridgehead atoms. The highest BCUT2D eigenvalue weighted by atomic mass is 19.4. The molecule has 0 saturated carbocycles. The van der Waals surface area contributed by atoms with Gasteiger partial charge in [0.2, 0.25) is 0 Å². The first-order valence-corrected chi connectivity index (χ1v) is 7.96. The first-order valence-electron chi connectivity index (χ1n) is 7.96. The van der Waals surface area contributed by atoms with Crippen molar-refractivity contribution in [2.75, 3.05) is 5.43 Å². The second-order valence-corrected chi connectivity index (χ2v) is 5.76. The van der Waals surface area contributed by atoms with E-state index in [-0.39, 0.29) is 11.3 Å². The first-order chi connectivity index (χ1) is 13.2. The molecule has 0 saturated heterocycles. The molecular formula is C19H13F4N3O2. The highest BCUT2D eigenvalue weighted by Crippen LogP contribution is 2.29. The van der Waals surface area contributed by atoms with E-state index in [9.17, 15) is 27.2 Å². The molecule has 0 aliphatic rings. The number of amides is 1. The van der Waals surface area contributed by atoms with Crippen LogP contribution in [-0.4, -0.2) is 10.5 Å². The summed E-state index contributed by atoms with van der Waals surface area (Å²) in [6.07, 6.45) is -3.27. The van der Waals surface area contributed by atoms with Crippen molar-refractivity contribution in [1.29, 1.82) is 0 Å². The van der Waals surface area contributed by atoms with Crippen molar-refractivity contribution >= 4 is 11.6 Å². The Morgan fingerprint density at radius 1 is 0.893 bits per heavy atom. The van der Waals surface area contributed by atoms with Crippen LogP contribution in [-0.2, 0) is 6.18 Å². The van der Waals surface area contributed by atoms with Crippen molar-refractivity contribution < 1.29 is 22.4 Å². The predicted molar refractivity (Wildman–Crippen MR) is 94.5 cm³/mol. The number of aromatic nitrogens is 1. The molecule has 0 aliphatic carbocycles. The molecule has 1 aromatic heterocycles. The van der Waals surface area contributed by atoms with Gasteiger partial charge < -0.3 is 0 Å². The quantitative estimate of drug-likeness (QED) is 0.526. The minimum Gasteiger partial charge on any atom is -0.298 e. The Bertz CT molecular complexity index is 1040. The van der Waals surface area contributed by atoms with Crippen molar-refractivity contribution in [3.05, 3.63) is 94.2 Å². The fraction of sp³-hybridized carbons (Fsp3) is 0.0526. The van der Waals surface area contributed by atoms with Crippen LogP contribution >= 0.6 is 0 Å². The van der Waals surface area contributed by atoms with Crippen LogP contribution in [0.15, 0.2) is 71.7 Å². The van der Waals surface area contributed by atoms with Gasteiger partial charge in [-0.25, -0.2) is 4.39 Å². The summed E-state index contributed by atoms with van der Waals surface area (Å²) in [5, 5.41) is 0. The average Bonchev–Trinajstić information content (AvgIpc) is 2.67. The van der Waals surface area contributed by atoms with Crippen LogP contribution in [0.2, 0.25) is 0 Å².